The summed E-state index contributed by atoms with van der Waals surface area (Å²) < 4.78 is 2.35. The molecule has 1 aliphatic rings. The molecule has 1 unspecified atom stereocenters. The highest BCUT2D eigenvalue weighted by Crippen LogP contribution is 2.44. The second kappa shape index (κ2) is 10.3. The zero-order chi connectivity index (χ0) is 25.3. The summed E-state index contributed by atoms with van der Waals surface area (Å²) in [5.41, 5.74) is 0.949. The monoisotopic (exact) mass is 514 g/mol. The zero-order valence-corrected chi connectivity index (χ0v) is 21.1. The highest BCUT2D eigenvalue weighted by atomic mass is 35.5. The SMILES string of the molecule is C=CCC1[C@@H](n2cnc3c(NC(C)C)nc(C#Cc4ccc(Cl)s4)nc32)[C@H](O)[C@H](O)[C@H]1C(=O)NC. The summed E-state index contributed by atoms with van der Waals surface area (Å²) in [6.07, 6.45) is 1.19. The number of nitrogens with one attached hydrogen (secondary N) is 2. The maximum absolute atomic E-state index is 12.6. The van der Waals surface area contributed by atoms with E-state index in [9.17, 15) is 15.0 Å². The lowest BCUT2D eigenvalue weighted by molar-refractivity contribution is -0.129. The number of hydrogen-bond donors (Lipinski definition) is 4. The number of imidazole rings is 1. The third kappa shape index (κ3) is 4.90. The van der Waals surface area contributed by atoms with Crippen molar-refractivity contribution in [2.45, 2.75) is 44.6 Å². The summed E-state index contributed by atoms with van der Waals surface area (Å²) in [7, 11) is 1.51. The van der Waals surface area contributed by atoms with Crippen molar-refractivity contribution in [3.63, 3.8) is 0 Å². The second-order valence-corrected chi connectivity index (χ2v) is 10.4. The molecule has 0 aliphatic heterocycles. The van der Waals surface area contributed by atoms with Crippen LogP contribution in [0.3, 0.4) is 0 Å². The minimum absolute atomic E-state index is 0.0696. The fourth-order valence-electron chi connectivity index (χ4n) is 4.56. The number of fused-ring (bicyclic) bond motifs is 1. The van der Waals surface area contributed by atoms with Gasteiger partial charge in [0.1, 0.15) is 6.10 Å². The van der Waals surface area contributed by atoms with E-state index in [4.69, 9.17) is 11.6 Å². The number of aliphatic hydroxyl groups excluding tert-OH is 2. The van der Waals surface area contributed by atoms with Crippen LogP contribution in [0.4, 0.5) is 5.82 Å². The van der Waals surface area contributed by atoms with E-state index in [2.05, 4.69) is 44.0 Å². The highest BCUT2D eigenvalue weighted by Gasteiger charge is 2.53. The lowest BCUT2D eigenvalue weighted by Crippen LogP contribution is -2.38. The molecule has 35 heavy (non-hydrogen) atoms. The Bertz CT molecular complexity index is 1310. The largest absolute Gasteiger partial charge is 0.390 e. The molecule has 0 radical (unpaired) electrons. The first kappa shape index (κ1) is 25.1. The zero-order valence-electron chi connectivity index (χ0n) is 19.6. The Morgan fingerprint density at radius 2 is 2.09 bits per heavy atom. The van der Waals surface area contributed by atoms with Crippen molar-refractivity contribution in [3.8, 4) is 11.8 Å². The van der Waals surface area contributed by atoms with Crippen LogP contribution in [-0.2, 0) is 4.79 Å². The van der Waals surface area contributed by atoms with Gasteiger partial charge in [-0.15, -0.1) is 17.9 Å². The van der Waals surface area contributed by atoms with Crippen LogP contribution in [0.2, 0.25) is 4.34 Å². The van der Waals surface area contributed by atoms with Crippen molar-refractivity contribution in [2.75, 3.05) is 12.4 Å². The Kier molecular flexibility index (Phi) is 7.42. The number of rotatable bonds is 6. The van der Waals surface area contributed by atoms with Gasteiger partial charge in [-0.05, 0) is 50.2 Å². The normalized spacial score (nSPS) is 23.8. The number of halogens is 1. The lowest BCUT2D eigenvalue weighted by Gasteiger charge is -2.25. The first-order chi connectivity index (χ1) is 16.7. The van der Waals surface area contributed by atoms with Crippen molar-refractivity contribution >= 4 is 45.8 Å². The fraction of sp³-hybridized carbons (Fsp3) is 0.417. The molecule has 4 N–H and O–H groups in total. The van der Waals surface area contributed by atoms with E-state index in [-0.39, 0.29) is 17.8 Å². The van der Waals surface area contributed by atoms with Crippen molar-refractivity contribution in [2.24, 2.45) is 11.8 Å². The molecule has 184 valence electrons. The Hall–Kier alpha value is -2.97. The van der Waals surface area contributed by atoms with E-state index in [0.29, 0.717) is 27.7 Å². The van der Waals surface area contributed by atoms with Crippen LogP contribution in [0.15, 0.2) is 31.1 Å². The first-order valence-corrected chi connectivity index (χ1v) is 12.4. The van der Waals surface area contributed by atoms with Crippen LogP contribution in [-0.4, -0.2) is 60.9 Å². The minimum Gasteiger partial charge on any atom is -0.390 e. The van der Waals surface area contributed by atoms with Crippen LogP contribution in [0.25, 0.3) is 11.2 Å². The van der Waals surface area contributed by atoms with Gasteiger partial charge in [-0.2, -0.15) is 0 Å². The van der Waals surface area contributed by atoms with Gasteiger partial charge in [0.15, 0.2) is 17.0 Å². The predicted octanol–water partition coefficient (Wildman–Crippen LogP) is 2.59. The van der Waals surface area contributed by atoms with Gasteiger partial charge in [0.25, 0.3) is 0 Å². The van der Waals surface area contributed by atoms with E-state index in [1.54, 1.807) is 23.0 Å². The Balaban J connectivity index is 1.85. The van der Waals surface area contributed by atoms with Crippen LogP contribution in [0, 0.1) is 23.7 Å². The third-order valence-corrected chi connectivity index (χ3v) is 7.14. The number of aromatic nitrogens is 4. The lowest BCUT2D eigenvalue weighted by atomic mass is 9.89. The standard InChI is InChI=1S/C24H27ClN6O3S/c1-5-6-14-17(24(34)26-4)20(32)21(33)19(14)31-11-27-18-22(28-12(2)3)29-16(30-23(18)31)10-8-13-7-9-15(25)35-13/h5,7,9,11-12,14,17,19-21,32-33H,1,6H2,2-4H3,(H,26,34)(H,28,29,30)/t14?,17-,19+,20+,21-/m0/s1. The molecule has 0 aromatic carbocycles. The van der Waals surface area contributed by atoms with Gasteiger partial charge in [-0.25, -0.2) is 15.0 Å². The van der Waals surface area contributed by atoms with E-state index < -0.39 is 30.1 Å². The van der Waals surface area contributed by atoms with Crippen LogP contribution in [0.5, 0.6) is 0 Å². The number of thiophene rings is 1. The summed E-state index contributed by atoms with van der Waals surface area (Å²) in [4.78, 5) is 27.1. The number of hydrogen-bond acceptors (Lipinski definition) is 8. The smallest absolute Gasteiger partial charge is 0.225 e. The Morgan fingerprint density at radius 3 is 2.71 bits per heavy atom. The van der Waals surface area contributed by atoms with Gasteiger partial charge < -0.3 is 25.4 Å². The van der Waals surface area contributed by atoms with Crippen molar-refractivity contribution in [1.82, 2.24) is 24.8 Å². The molecular formula is C24H27ClN6O3S. The number of carbonyl (C=O) groups is 1. The number of nitrogens with zero attached hydrogens (tertiary/aromatic N) is 4. The summed E-state index contributed by atoms with van der Waals surface area (Å²) in [6.45, 7) is 7.77. The maximum atomic E-state index is 12.6. The number of amides is 1. The van der Waals surface area contributed by atoms with Crippen molar-refractivity contribution in [3.05, 3.63) is 46.2 Å². The van der Waals surface area contributed by atoms with E-state index in [1.165, 1.54) is 18.4 Å². The Labute approximate surface area is 212 Å². The summed E-state index contributed by atoms with van der Waals surface area (Å²) in [5.74, 6) is 5.22. The molecule has 5 atom stereocenters. The number of anilines is 1. The molecular weight excluding hydrogens is 488 g/mol. The number of aliphatic hydroxyl groups is 2. The second-order valence-electron chi connectivity index (χ2n) is 8.67. The molecule has 11 heteroatoms. The minimum atomic E-state index is -1.25. The van der Waals surface area contributed by atoms with Crippen LogP contribution < -0.4 is 10.6 Å². The van der Waals surface area contributed by atoms with Gasteiger partial charge in [0, 0.05) is 13.1 Å². The van der Waals surface area contributed by atoms with Gasteiger partial charge in [-0.3, -0.25) is 4.79 Å². The molecule has 0 bridgehead atoms. The molecule has 3 aromatic rings. The Morgan fingerprint density at radius 1 is 1.31 bits per heavy atom. The van der Waals surface area contributed by atoms with Crippen LogP contribution >= 0.6 is 22.9 Å². The molecule has 3 aromatic heterocycles. The molecule has 1 fully saturated rings. The molecule has 1 amide bonds. The average molecular weight is 515 g/mol. The highest BCUT2D eigenvalue weighted by molar-refractivity contribution is 7.16. The summed E-state index contributed by atoms with van der Waals surface area (Å²) in [5, 5.41) is 27.7. The van der Waals surface area contributed by atoms with Gasteiger partial charge in [0.2, 0.25) is 11.7 Å². The van der Waals surface area contributed by atoms with Gasteiger partial charge in [0.05, 0.1) is 33.6 Å². The molecule has 0 saturated heterocycles. The maximum Gasteiger partial charge on any atom is 0.225 e. The molecule has 1 saturated carbocycles. The van der Waals surface area contributed by atoms with E-state index >= 15 is 0 Å². The third-order valence-electron chi connectivity index (χ3n) is 5.99. The van der Waals surface area contributed by atoms with Crippen LogP contribution in [0.1, 0.15) is 37.0 Å². The number of carbonyl (C=O) groups excluding carboxylic acids is 1. The predicted molar refractivity (Wildman–Crippen MR) is 136 cm³/mol. The van der Waals surface area contributed by atoms with Gasteiger partial charge in [-0.1, -0.05) is 17.7 Å². The van der Waals surface area contributed by atoms with Gasteiger partial charge >= 0.3 is 0 Å². The fourth-order valence-corrected chi connectivity index (χ4v) is 5.46. The van der Waals surface area contributed by atoms with Crippen molar-refractivity contribution < 1.29 is 15.0 Å². The van der Waals surface area contributed by atoms with Crippen molar-refractivity contribution in [1.29, 1.82) is 0 Å². The first-order valence-electron chi connectivity index (χ1n) is 11.2. The van der Waals surface area contributed by atoms with E-state index in [1.807, 2.05) is 19.9 Å². The molecule has 4 rings (SSSR count). The number of allylic oxidation sites excluding steroid dienone is 1. The molecule has 3 heterocycles. The molecule has 9 nitrogen and oxygen atoms in total. The summed E-state index contributed by atoms with van der Waals surface area (Å²) in [6, 6.07) is 3.01. The molecule has 1 aliphatic carbocycles. The topological polar surface area (TPSA) is 125 Å². The van der Waals surface area contributed by atoms with E-state index in [0.717, 1.165) is 4.88 Å². The summed E-state index contributed by atoms with van der Waals surface area (Å²) >= 11 is 7.37. The average Bonchev–Trinajstić information content (AvgIpc) is 3.49. The quantitative estimate of drug-likeness (QED) is 0.294. The molecule has 0 spiro atoms.